The van der Waals surface area contributed by atoms with Crippen LogP contribution in [-0.4, -0.2) is 51.2 Å². The first-order chi connectivity index (χ1) is 19.7. The number of unbranched alkanes of at least 4 members (excludes halogenated alkanes) is 6. The quantitative estimate of drug-likeness (QED) is 0.0351. The van der Waals surface area contributed by atoms with Gasteiger partial charge < -0.3 is 14.2 Å². The minimum Gasteiger partial charge on any atom is -0.463 e. The van der Waals surface area contributed by atoms with E-state index < -0.39 is 0 Å². The van der Waals surface area contributed by atoms with Gasteiger partial charge in [-0.15, -0.1) is 6.58 Å². The molecule has 230 valence electrons. The fraction of sp³-hybridized carbons (Fsp3) is 0.853. The number of fused-ring (bicyclic) bond motifs is 1. The minimum atomic E-state index is -0.322. The van der Waals surface area contributed by atoms with Crippen molar-refractivity contribution in [1.29, 1.82) is 0 Å². The van der Waals surface area contributed by atoms with E-state index in [4.69, 9.17) is 24.0 Å². The molecule has 4 atom stereocenters. The monoisotopic (exact) mass is 562 g/mol. The zero-order valence-electron chi connectivity index (χ0n) is 25.2. The normalized spacial score (nSPS) is 28.5. The lowest BCUT2D eigenvalue weighted by Gasteiger charge is -2.45. The topological polar surface area (TPSA) is 63.2 Å². The fourth-order valence-corrected chi connectivity index (χ4v) is 7.25. The lowest BCUT2D eigenvalue weighted by Crippen LogP contribution is -2.37. The number of esters is 1. The second-order valence-corrected chi connectivity index (χ2v) is 12.4. The molecular weight excluding hydrogens is 504 g/mol. The van der Waals surface area contributed by atoms with Gasteiger partial charge in [0.15, 0.2) is 0 Å². The van der Waals surface area contributed by atoms with Crippen molar-refractivity contribution in [2.24, 2.45) is 23.7 Å². The van der Waals surface area contributed by atoms with Crippen LogP contribution >= 0.6 is 0 Å². The fourth-order valence-electron chi connectivity index (χ4n) is 7.25. The van der Waals surface area contributed by atoms with Crippen molar-refractivity contribution in [3.8, 4) is 0 Å². The molecule has 0 aromatic heterocycles. The van der Waals surface area contributed by atoms with E-state index in [1.807, 2.05) is 0 Å². The predicted octanol–water partition coefficient (Wildman–Crippen LogP) is 8.15. The average molecular weight is 563 g/mol. The molecule has 0 amide bonds. The standard InChI is InChI=1S/C34H58O6/c1-3-21-39-40-25-12-8-7-9-22-36-32-18-15-28(16-19-32)29-13-14-31-27-33(20-17-30(31)26-29)37-23-10-5-6-11-24-38-34(35)4-2/h3-4,28-33H,1-2,5-27H2. The summed E-state index contributed by atoms with van der Waals surface area (Å²) >= 11 is 0. The highest BCUT2D eigenvalue weighted by Crippen LogP contribution is 2.48. The van der Waals surface area contributed by atoms with Crippen molar-refractivity contribution in [1.82, 2.24) is 0 Å². The summed E-state index contributed by atoms with van der Waals surface area (Å²) in [6, 6.07) is 0. The summed E-state index contributed by atoms with van der Waals surface area (Å²) in [5, 5.41) is 0. The molecule has 6 heteroatoms. The van der Waals surface area contributed by atoms with E-state index in [0.717, 1.165) is 75.4 Å². The Labute approximate surface area is 244 Å². The Morgan fingerprint density at radius 3 is 1.77 bits per heavy atom. The van der Waals surface area contributed by atoms with Gasteiger partial charge in [0, 0.05) is 19.3 Å². The van der Waals surface area contributed by atoms with Gasteiger partial charge in [-0.1, -0.05) is 31.9 Å². The van der Waals surface area contributed by atoms with Crippen LogP contribution in [0.3, 0.4) is 0 Å². The SMILES string of the molecule is C=CCOOCCCCCCOC1CCC(C2CCC3CC(OCCCCCCOC(=O)C=C)CCC3C2)CC1. The lowest BCUT2D eigenvalue weighted by atomic mass is 9.62. The molecule has 3 aliphatic rings. The molecule has 0 radical (unpaired) electrons. The van der Waals surface area contributed by atoms with Crippen LogP contribution in [0.4, 0.5) is 0 Å². The Morgan fingerprint density at radius 2 is 1.10 bits per heavy atom. The Balaban J connectivity index is 1.16. The molecule has 4 unspecified atom stereocenters. The zero-order valence-corrected chi connectivity index (χ0v) is 25.2. The zero-order chi connectivity index (χ0) is 28.3. The predicted molar refractivity (Wildman–Crippen MR) is 160 cm³/mol. The van der Waals surface area contributed by atoms with Gasteiger partial charge in [0.25, 0.3) is 0 Å². The third kappa shape index (κ3) is 13.2. The van der Waals surface area contributed by atoms with Crippen LogP contribution in [0.1, 0.15) is 116 Å². The number of hydrogen-bond donors (Lipinski definition) is 0. The molecule has 0 spiro atoms. The van der Waals surface area contributed by atoms with Crippen LogP contribution in [0, 0.1) is 23.7 Å². The summed E-state index contributed by atoms with van der Waals surface area (Å²) in [7, 11) is 0. The molecule has 0 aromatic rings. The Morgan fingerprint density at radius 1 is 0.575 bits per heavy atom. The molecule has 0 bridgehead atoms. The average Bonchev–Trinajstić information content (AvgIpc) is 2.99. The van der Waals surface area contributed by atoms with Crippen LogP contribution < -0.4 is 0 Å². The Hall–Kier alpha value is -1.21. The van der Waals surface area contributed by atoms with E-state index in [2.05, 4.69) is 13.2 Å². The number of carbonyl (C=O) groups is 1. The van der Waals surface area contributed by atoms with Gasteiger partial charge in [0.1, 0.15) is 6.61 Å². The second-order valence-electron chi connectivity index (χ2n) is 12.4. The van der Waals surface area contributed by atoms with E-state index in [0.29, 0.717) is 32.0 Å². The number of carbonyl (C=O) groups excluding carboxylic acids is 1. The van der Waals surface area contributed by atoms with Gasteiger partial charge in [-0.05, 0) is 120 Å². The maximum Gasteiger partial charge on any atom is 0.330 e. The summed E-state index contributed by atoms with van der Waals surface area (Å²) in [4.78, 5) is 21.1. The van der Waals surface area contributed by atoms with Crippen LogP contribution in [0.5, 0.6) is 0 Å². The third-order valence-corrected chi connectivity index (χ3v) is 9.54. The first-order valence-electron chi connectivity index (χ1n) is 16.6. The van der Waals surface area contributed by atoms with Crippen LogP contribution in [0.25, 0.3) is 0 Å². The lowest BCUT2D eigenvalue weighted by molar-refractivity contribution is -0.286. The van der Waals surface area contributed by atoms with E-state index >= 15 is 0 Å². The largest absolute Gasteiger partial charge is 0.463 e. The van der Waals surface area contributed by atoms with Crippen molar-refractivity contribution < 1.29 is 28.8 Å². The second kappa shape index (κ2) is 20.6. The molecule has 3 aliphatic carbocycles. The highest BCUT2D eigenvalue weighted by atomic mass is 17.2. The Bertz CT molecular complexity index is 688. The van der Waals surface area contributed by atoms with Gasteiger partial charge in [-0.3, -0.25) is 0 Å². The molecule has 40 heavy (non-hydrogen) atoms. The minimum absolute atomic E-state index is 0.322. The molecule has 3 saturated carbocycles. The molecule has 0 saturated heterocycles. The van der Waals surface area contributed by atoms with Crippen LogP contribution in [0.15, 0.2) is 25.3 Å². The van der Waals surface area contributed by atoms with Gasteiger partial charge in [0.2, 0.25) is 0 Å². The highest BCUT2D eigenvalue weighted by Gasteiger charge is 2.39. The first kappa shape index (κ1) is 33.3. The number of rotatable bonds is 21. The molecule has 3 fully saturated rings. The van der Waals surface area contributed by atoms with E-state index in [1.165, 1.54) is 83.1 Å². The summed E-state index contributed by atoms with van der Waals surface area (Å²) < 4.78 is 17.6. The van der Waals surface area contributed by atoms with Gasteiger partial charge in [-0.2, -0.15) is 0 Å². The first-order valence-corrected chi connectivity index (χ1v) is 16.6. The molecule has 0 heterocycles. The van der Waals surface area contributed by atoms with Crippen molar-refractivity contribution >= 4 is 5.97 Å². The maximum atomic E-state index is 11.0. The van der Waals surface area contributed by atoms with Crippen molar-refractivity contribution in [2.75, 3.05) is 33.0 Å². The number of hydrogen-bond acceptors (Lipinski definition) is 6. The van der Waals surface area contributed by atoms with Crippen LogP contribution in [-0.2, 0) is 28.8 Å². The molecule has 0 aromatic carbocycles. The summed E-state index contributed by atoms with van der Waals surface area (Å²) in [5.41, 5.74) is 0. The van der Waals surface area contributed by atoms with E-state index in [-0.39, 0.29) is 5.97 Å². The van der Waals surface area contributed by atoms with E-state index in [1.54, 1.807) is 6.08 Å². The number of ether oxygens (including phenoxy) is 3. The molecule has 3 rings (SSSR count). The summed E-state index contributed by atoms with van der Waals surface area (Å²) in [5.74, 6) is 3.38. The summed E-state index contributed by atoms with van der Waals surface area (Å²) in [6.07, 6.45) is 26.2. The highest BCUT2D eigenvalue weighted by molar-refractivity contribution is 5.81. The maximum absolute atomic E-state index is 11.0. The molecular formula is C34H58O6. The van der Waals surface area contributed by atoms with E-state index in [9.17, 15) is 4.79 Å². The summed E-state index contributed by atoms with van der Waals surface area (Å²) in [6.45, 7) is 10.4. The van der Waals surface area contributed by atoms with Gasteiger partial charge in [0.05, 0.1) is 25.4 Å². The van der Waals surface area contributed by atoms with Gasteiger partial charge >= 0.3 is 5.97 Å². The van der Waals surface area contributed by atoms with Crippen molar-refractivity contribution in [3.05, 3.63) is 25.3 Å². The van der Waals surface area contributed by atoms with Crippen molar-refractivity contribution in [3.63, 3.8) is 0 Å². The van der Waals surface area contributed by atoms with Gasteiger partial charge in [-0.25, -0.2) is 14.6 Å². The molecule has 6 nitrogen and oxygen atoms in total. The third-order valence-electron chi connectivity index (χ3n) is 9.54. The Kier molecular flexibility index (Phi) is 17.2. The molecule has 0 aliphatic heterocycles. The molecule has 0 N–H and O–H groups in total. The smallest absolute Gasteiger partial charge is 0.330 e. The van der Waals surface area contributed by atoms with Crippen LogP contribution in [0.2, 0.25) is 0 Å². The van der Waals surface area contributed by atoms with Crippen molar-refractivity contribution in [2.45, 2.75) is 128 Å².